The molecule has 1 aromatic carbocycles. The summed E-state index contributed by atoms with van der Waals surface area (Å²) in [5, 5.41) is 11.7. The van der Waals surface area contributed by atoms with Crippen molar-refractivity contribution < 1.29 is 14.6 Å². The van der Waals surface area contributed by atoms with Crippen molar-refractivity contribution in [2.75, 3.05) is 20.2 Å². The maximum Gasteiger partial charge on any atom is 0.335 e. The fourth-order valence-electron chi connectivity index (χ4n) is 1.13. The number of aromatic carboxylic acids is 1. The van der Waals surface area contributed by atoms with Gasteiger partial charge in [0.15, 0.2) is 0 Å². The van der Waals surface area contributed by atoms with Crippen LogP contribution >= 0.6 is 0 Å². The second-order valence-corrected chi connectivity index (χ2v) is 3.14. The molecule has 0 radical (unpaired) electrons. The van der Waals surface area contributed by atoms with Crippen molar-refractivity contribution in [3.05, 3.63) is 29.8 Å². The number of carboxylic acid groups (broad SMARTS) is 1. The lowest BCUT2D eigenvalue weighted by atomic mass is 10.2. The number of hydrogen-bond acceptors (Lipinski definition) is 3. The van der Waals surface area contributed by atoms with Crippen molar-refractivity contribution in [2.24, 2.45) is 0 Å². The van der Waals surface area contributed by atoms with Gasteiger partial charge in [-0.3, -0.25) is 0 Å². The summed E-state index contributed by atoms with van der Waals surface area (Å²) in [6.07, 6.45) is 0.928. The predicted octanol–water partition coefficient (Wildman–Crippen LogP) is 1.37. The molecule has 2 N–H and O–H groups in total. The first kappa shape index (κ1) is 11.5. The Kier molecular flexibility index (Phi) is 4.63. The van der Waals surface area contributed by atoms with E-state index in [1.54, 1.807) is 12.1 Å². The Bertz CT molecular complexity index is 308. The smallest absolute Gasteiger partial charge is 0.335 e. The van der Waals surface area contributed by atoms with Crippen LogP contribution in [0.25, 0.3) is 0 Å². The van der Waals surface area contributed by atoms with Crippen molar-refractivity contribution in [1.82, 2.24) is 5.32 Å². The van der Waals surface area contributed by atoms with Crippen LogP contribution in [0.5, 0.6) is 5.75 Å². The highest BCUT2D eigenvalue weighted by molar-refractivity contribution is 5.87. The van der Waals surface area contributed by atoms with Gasteiger partial charge >= 0.3 is 5.97 Å². The number of nitrogens with one attached hydrogen (secondary N) is 1. The first-order valence-corrected chi connectivity index (χ1v) is 4.85. The summed E-state index contributed by atoms with van der Waals surface area (Å²) in [4.78, 5) is 10.6. The number of hydrogen-bond donors (Lipinski definition) is 2. The van der Waals surface area contributed by atoms with Gasteiger partial charge in [0.25, 0.3) is 0 Å². The summed E-state index contributed by atoms with van der Waals surface area (Å²) >= 11 is 0. The molecule has 0 aromatic heterocycles. The summed E-state index contributed by atoms with van der Waals surface area (Å²) in [6, 6.07) is 6.41. The number of carbonyl (C=O) groups is 1. The summed E-state index contributed by atoms with van der Waals surface area (Å²) < 4.78 is 5.41. The topological polar surface area (TPSA) is 58.6 Å². The van der Waals surface area contributed by atoms with Gasteiger partial charge in [-0.15, -0.1) is 0 Å². The van der Waals surface area contributed by atoms with Crippen LogP contribution in [-0.2, 0) is 0 Å². The van der Waals surface area contributed by atoms with Crippen molar-refractivity contribution in [1.29, 1.82) is 0 Å². The van der Waals surface area contributed by atoms with Gasteiger partial charge in [0, 0.05) is 0 Å². The molecule has 0 spiro atoms. The highest BCUT2D eigenvalue weighted by atomic mass is 16.5. The molecule has 0 aliphatic heterocycles. The Morgan fingerprint density at radius 1 is 1.40 bits per heavy atom. The third kappa shape index (κ3) is 3.99. The summed E-state index contributed by atoms with van der Waals surface area (Å²) in [7, 11) is 1.89. The molecule has 0 bridgehead atoms. The highest BCUT2D eigenvalue weighted by Crippen LogP contribution is 2.12. The van der Waals surface area contributed by atoms with E-state index in [0.29, 0.717) is 12.4 Å². The Morgan fingerprint density at radius 2 is 2.07 bits per heavy atom. The Hall–Kier alpha value is -1.55. The van der Waals surface area contributed by atoms with E-state index in [-0.39, 0.29) is 5.56 Å². The summed E-state index contributed by atoms with van der Waals surface area (Å²) in [5.41, 5.74) is 0.276. The molecular weight excluding hydrogens is 194 g/mol. The minimum Gasteiger partial charge on any atom is -0.494 e. The maximum atomic E-state index is 10.6. The second-order valence-electron chi connectivity index (χ2n) is 3.14. The maximum absolute atomic E-state index is 10.6. The lowest BCUT2D eigenvalue weighted by Crippen LogP contribution is -2.11. The van der Waals surface area contributed by atoms with Crippen molar-refractivity contribution in [2.45, 2.75) is 6.42 Å². The number of benzene rings is 1. The van der Waals surface area contributed by atoms with Gasteiger partial charge in [-0.05, 0) is 44.3 Å². The fourth-order valence-corrected chi connectivity index (χ4v) is 1.13. The molecule has 4 nitrogen and oxygen atoms in total. The summed E-state index contributed by atoms with van der Waals surface area (Å²) in [5.74, 6) is -0.215. The van der Waals surface area contributed by atoms with E-state index in [9.17, 15) is 4.79 Å². The van der Waals surface area contributed by atoms with Crippen LogP contribution in [0.1, 0.15) is 16.8 Å². The molecule has 82 valence electrons. The molecule has 0 saturated carbocycles. The van der Waals surface area contributed by atoms with Crippen molar-refractivity contribution >= 4 is 5.97 Å². The average molecular weight is 209 g/mol. The van der Waals surface area contributed by atoms with Gasteiger partial charge in [-0.2, -0.15) is 0 Å². The van der Waals surface area contributed by atoms with Crippen LogP contribution < -0.4 is 10.1 Å². The Balaban J connectivity index is 2.39. The van der Waals surface area contributed by atoms with E-state index in [1.165, 1.54) is 12.1 Å². The summed E-state index contributed by atoms with van der Waals surface area (Å²) in [6.45, 7) is 1.54. The number of rotatable bonds is 6. The van der Waals surface area contributed by atoms with E-state index in [2.05, 4.69) is 5.32 Å². The third-order valence-electron chi connectivity index (χ3n) is 1.94. The lowest BCUT2D eigenvalue weighted by molar-refractivity contribution is 0.0697. The molecule has 0 saturated heterocycles. The quantitative estimate of drug-likeness (QED) is 0.695. The normalized spacial score (nSPS) is 9.93. The zero-order valence-corrected chi connectivity index (χ0v) is 8.69. The van der Waals surface area contributed by atoms with E-state index in [4.69, 9.17) is 9.84 Å². The molecule has 0 aliphatic carbocycles. The fraction of sp³-hybridized carbons (Fsp3) is 0.364. The molecule has 4 heteroatoms. The molecule has 0 heterocycles. The average Bonchev–Trinajstić information content (AvgIpc) is 2.25. The van der Waals surface area contributed by atoms with Crippen LogP contribution in [0.15, 0.2) is 24.3 Å². The largest absolute Gasteiger partial charge is 0.494 e. The Labute approximate surface area is 88.9 Å². The van der Waals surface area contributed by atoms with Gasteiger partial charge in [0.05, 0.1) is 12.2 Å². The van der Waals surface area contributed by atoms with E-state index < -0.39 is 5.97 Å². The van der Waals surface area contributed by atoms with Crippen LogP contribution in [0, 0.1) is 0 Å². The molecule has 1 aromatic rings. The molecule has 1 rings (SSSR count). The Morgan fingerprint density at radius 3 is 2.60 bits per heavy atom. The highest BCUT2D eigenvalue weighted by Gasteiger charge is 2.01. The van der Waals surface area contributed by atoms with Gasteiger partial charge in [0.1, 0.15) is 5.75 Å². The van der Waals surface area contributed by atoms with E-state index >= 15 is 0 Å². The third-order valence-corrected chi connectivity index (χ3v) is 1.94. The molecule has 0 aliphatic rings. The number of carboxylic acids is 1. The molecule has 0 unspecified atom stereocenters. The molecule has 0 amide bonds. The molecule has 0 fully saturated rings. The zero-order valence-electron chi connectivity index (χ0n) is 8.69. The molecular formula is C11H15NO3. The van der Waals surface area contributed by atoms with Gasteiger partial charge in [0.2, 0.25) is 0 Å². The minimum absolute atomic E-state index is 0.276. The van der Waals surface area contributed by atoms with Gasteiger partial charge in [-0.25, -0.2) is 4.79 Å². The van der Waals surface area contributed by atoms with Gasteiger partial charge < -0.3 is 15.2 Å². The minimum atomic E-state index is -0.920. The first-order chi connectivity index (χ1) is 7.24. The SMILES string of the molecule is CNCCCOc1ccc(C(=O)O)cc1. The van der Waals surface area contributed by atoms with Crippen molar-refractivity contribution in [3.8, 4) is 5.75 Å². The van der Waals surface area contributed by atoms with Crippen LogP contribution in [0.2, 0.25) is 0 Å². The molecule has 15 heavy (non-hydrogen) atoms. The number of ether oxygens (including phenoxy) is 1. The zero-order chi connectivity index (χ0) is 11.1. The van der Waals surface area contributed by atoms with E-state index in [0.717, 1.165) is 13.0 Å². The van der Waals surface area contributed by atoms with Crippen LogP contribution in [0.4, 0.5) is 0 Å². The standard InChI is InChI=1S/C11H15NO3/c1-12-7-2-8-15-10-5-3-9(4-6-10)11(13)14/h3-6,12H,2,7-8H2,1H3,(H,13,14). The monoisotopic (exact) mass is 209 g/mol. The van der Waals surface area contributed by atoms with Crippen LogP contribution in [0.3, 0.4) is 0 Å². The lowest BCUT2D eigenvalue weighted by Gasteiger charge is -2.05. The first-order valence-electron chi connectivity index (χ1n) is 4.85. The predicted molar refractivity (Wildman–Crippen MR) is 57.4 cm³/mol. The van der Waals surface area contributed by atoms with E-state index in [1.807, 2.05) is 7.05 Å². The molecule has 0 atom stereocenters. The second kappa shape index (κ2) is 6.03. The van der Waals surface area contributed by atoms with Gasteiger partial charge in [-0.1, -0.05) is 0 Å². The van der Waals surface area contributed by atoms with Crippen LogP contribution in [-0.4, -0.2) is 31.3 Å². The van der Waals surface area contributed by atoms with Crippen molar-refractivity contribution in [3.63, 3.8) is 0 Å².